The quantitative estimate of drug-likeness (QED) is 0.716. The Morgan fingerprint density at radius 3 is 2.52 bits per heavy atom. The lowest BCUT2D eigenvalue weighted by molar-refractivity contribution is 0.188. The second kappa shape index (κ2) is 7.94. The van der Waals surface area contributed by atoms with Crippen LogP contribution < -0.4 is 15.0 Å². The molecule has 21 heavy (non-hydrogen) atoms. The molecule has 0 aromatic carbocycles. The maximum Gasteiger partial charge on any atom is 0.323 e. The molecule has 0 saturated carbocycles. The van der Waals surface area contributed by atoms with E-state index in [9.17, 15) is 0 Å². The molecule has 2 heterocycles. The van der Waals surface area contributed by atoms with Crippen molar-refractivity contribution < 1.29 is 9.84 Å². The van der Waals surface area contributed by atoms with Gasteiger partial charge in [0, 0.05) is 39.3 Å². The van der Waals surface area contributed by atoms with Gasteiger partial charge in [-0.1, -0.05) is 0 Å². The number of aliphatic hydroxyl groups excluding tert-OH is 1. The van der Waals surface area contributed by atoms with Crippen molar-refractivity contribution >= 4 is 11.9 Å². The zero-order valence-electron chi connectivity index (χ0n) is 12.7. The smallest absolute Gasteiger partial charge is 0.323 e. The number of ether oxygens (including phenoxy) is 1. The summed E-state index contributed by atoms with van der Waals surface area (Å²) in [6.45, 7) is 9.56. The maximum atomic E-state index is 8.98. The molecule has 0 unspecified atom stereocenters. The average Bonchev–Trinajstić information content (AvgIpc) is 2.49. The number of hydrogen-bond acceptors (Lipinski definition) is 8. The minimum Gasteiger partial charge on any atom is -0.464 e. The van der Waals surface area contributed by atoms with Gasteiger partial charge in [-0.3, -0.25) is 4.90 Å². The summed E-state index contributed by atoms with van der Waals surface area (Å²) in [4.78, 5) is 17.4. The van der Waals surface area contributed by atoms with Gasteiger partial charge in [0.1, 0.15) is 0 Å². The van der Waals surface area contributed by atoms with Gasteiger partial charge < -0.3 is 20.1 Å². The fourth-order valence-electron chi connectivity index (χ4n) is 2.23. The Hall–Kier alpha value is -1.67. The molecule has 2 rings (SSSR count). The molecule has 1 fully saturated rings. The molecular formula is C13H24N6O2. The second-order valence-corrected chi connectivity index (χ2v) is 4.76. The van der Waals surface area contributed by atoms with Gasteiger partial charge in [0.25, 0.3) is 0 Å². The van der Waals surface area contributed by atoms with Crippen molar-refractivity contribution in [3.63, 3.8) is 0 Å². The van der Waals surface area contributed by atoms with E-state index in [1.54, 1.807) is 0 Å². The van der Waals surface area contributed by atoms with Crippen LogP contribution >= 0.6 is 0 Å². The van der Waals surface area contributed by atoms with Crippen LogP contribution in [0.1, 0.15) is 13.8 Å². The molecule has 0 atom stereocenters. The van der Waals surface area contributed by atoms with Crippen LogP contribution in [0.5, 0.6) is 6.01 Å². The maximum absolute atomic E-state index is 8.98. The summed E-state index contributed by atoms with van der Waals surface area (Å²) in [5, 5.41) is 12.1. The molecule has 1 aromatic heterocycles. The van der Waals surface area contributed by atoms with E-state index in [1.165, 1.54) is 0 Å². The first kappa shape index (κ1) is 15.7. The molecule has 0 bridgehead atoms. The fraction of sp³-hybridized carbons (Fsp3) is 0.769. The van der Waals surface area contributed by atoms with Gasteiger partial charge in [-0.2, -0.15) is 15.0 Å². The molecule has 0 amide bonds. The molecule has 1 saturated heterocycles. The summed E-state index contributed by atoms with van der Waals surface area (Å²) in [7, 11) is 0. The van der Waals surface area contributed by atoms with E-state index in [1.807, 2.05) is 13.8 Å². The van der Waals surface area contributed by atoms with E-state index in [0.29, 0.717) is 24.5 Å². The van der Waals surface area contributed by atoms with Crippen molar-refractivity contribution in [3.05, 3.63) is 0 Å². The topological polar surface area (TPSA) is 86.6 Å². The lowest BCUT2D eigenvalue weighted by Crippen LogP contribution is -2.47. The van der Waals surface area contributed by atoms with Crippen molar-refractivity contribution in [1.82, 2.24) is 19.9 Å². The minimum absolute atomic E-state index is 0.199. The zero-order valence-corrected chi connectivity index (χ0v) is 12.7. The fourth-order valence-corrected chi connectivity index (χ4v) is 2.23. The van der Waals surface area contributed by atoms with E-state index >= 15 is 0 Å². The Morgan fingerprint density at radius 2 is 1.90 bits per heavy atom. The molecular weight excluding hydrogens is 272 g/mol. The number of anilines is 2. The highest BCUT2D eigenvalue weighted by molar-refractivity contribution is 5.38. The van der Waals surface area contributed by atoms with Crippen LogP contribution in [0.15, 0.2) is 0 Å². The first-order valence-electron chi connectivity index (χ1n) is 7.47. The van der Waals surface area contributed by atoms with E-state index in [0.717, 1.165) is 39.3 Å². The number of aromatic nitrogens is 3. The van der Waals surface area contributed by atoms with Crippen LogP contribution in [-0.4, -0.2) is 77.4 Å². The van der Waals surface area contributed by atoms with Crippen molar-refractivity contribution in [2.45, 2.75) is 13.8 Å². The lowest BCUT2D eigenvalue weighted by Gasteiger charge is -2.34. The number of hydrogen-bond donors (Lipinski definition) is 2. The Balaban J connectivity index is 2.07. The summed E-state index contributed by atoms with van der Waals surface area (Å²) in [5.41, 5.74) is 0. The van der Waals surface area contributed by atoms with Crippen molar-refractivity contribution in [2.24, 2.45) is 0 Å². The highest BCUT2D eigenvalue weighted by Crippen LogP contribution is 2.16. The van der Waals surface area contributed by atoms with E-state index in [4.69, 9.17) is 9.84 Å². The molecule has 2 N–H and O–H groups in total. The second-order valence-electron chi connectivity index (χ2n) is 4.76. The number of aliphatic hydroxyl groups is 1. The molecule has 8 heteroatoms. The van der Waals surface area contributed by atoms with Crippen molar-refractivity contribution in [3.8, 4) is 6.01 Å². The third kappa shape index (κ3) is 4.40. The van der Waals surface area contributed by atoms with E-state index < -0.39 is 0 Å². The molecule has 118 valence electrons. The Labute approximate surface area is 125 Å². The van der Waals surface area contributed by atoms with Crippen molar-refractivity contribution in [1.29, 1.82) is 0 Å². The zero-order chi connectivity index (χ0) is 15.1. The van der Waals surface area contributed by atoms with Gasteiger partial charge in [0.2, 0.25) is 11.9 Å². The van der Waals surface area contributed by atoms with Crippen LogP contribution in [0, 0.1) is 0 Å². The first-order valence-corrected chi connectivity index (χ1v) is 7.47. The number of rotatable bonds is 7. The van der Waals surface area contributed by atoms with Crippen LogP contribution in [-0.2, 0) is 0 Å². The van der Waals surface area contributed by atoms with Gasteiger partial charge in [-0.25, -0.2) is 0 Å². The van der Waals surface area contributed by atoms with E-state index in [2.05, 4.69) is 30.1 Å². The lowest BCUT2D eigenvalue weighted by atomic mass is 10.3. The Kier molecular flexibility index (Phi) is 5.94. The van der Waals surface area contributed by atoms with Gasteiger partial charge in [-0.15, -0.1) is 0 Å². The Bertz CT molecular complexity index is 412. The number of β-amino-alcohol motifs (C(OH)–C–C–N with tert-alkyl or cyclic N) is 1. The van der Waals surface area contributed by atoms with Crippen LogP contribution in [0.4, 0.5) is 11.9 Å². The molecule has 0 aliphatic carbocycles. The summed E-state index contributed by atoms with van der Waals surface area (Å²) >= 11 is 0. The summed E-state index contributed by atoms with van der Waals surface area (Å²) < 4.78 is 5.41. The van der Waals surface area contributed by atoms with Gasteiger partial charge >= 0.3 is 6.01 Å². The molecule has 0 radical (unpaired) electrons. The average molecular weight is 296 g/mol. The predicted octanol–water partition coefficient (Wildman–Crippen LogP) is -0.184. The monoisotopic (exact) mass is 296 g/mol. The van der Waals surface area contributed by atoms with Crippen LogP contribution in [0.3, 0.4) is 0 Å². The first-order chi connectivity index (χ1) is 10.3. The van der Waals surface area contributed by atoms with Gasteiger partial charge in [0.05, 0.1) is 13.2 Å². The number of nitrogens with one attached hydrogen (secondary N) is 1. The van der Waals surface area contributed by atoms with Crippen LogP contribution in [0.25, 0.3) is 0 Å². The molecule has 1 aliphatic heterocycles. The SMILES string of the molecule is CCNc1nc(OCC)nc(N2CCN(CCO)CC2)n1. The predicted molar refractivity (Wildman–Crippen MR) is 80.9 cm³/mol. The molecule has 1 aliphatic rings. The summed E-state index contributed by atoms with van der Waals surface area (Å²) in [6, 6.07) is 0.358. The largest absolute Gasteiger partial charge is 0.464 e. The summed E-state index contributed by atoms with van der Waals surface area (Å²) in [6.07, 6.45) is 0. The van der Waals surface area contributed by atoms with Crippen molar-refractivity contribution in [2.75, 3.05) is 62.7 Å². The molecule has 0 spiro atoms. The highest BCUT2D eigenvalue weighted by atomic mass is 16.5. The van der Waals surface area contributed by atoms with Crippen LogP contribution in [0.2, 0.25) is 0 Å². The van der Waals surface area contributed by atoms with E-state index in [-0.39, 0.29) is 6.61 Å². The standard InChI is InChI=1S/C13H24N6O2/c1-3-14-11-15-12(17-13(16-11)21-4-2)19-7-5-18(6-8-19)9-10-20/h20H,3-10H2,1-2H3,(H,14,15,16,17). The third-order valence-corrected chi connectivity index (χ3v) is 3.28. The van der Waals surface area contributed by atoms with Gasteiger partial charge in [-0.05, 0) is 13.8 Å². The number of nitrogens with zero attached hydrogens (tertiary/aromatic N) is 5. The molecule has 8 nitrogen and oxygen atoms in total. The van der Waals surface area contributed by atoms with Gasteiger partial charge in [0.15, 0.2) is 0 Å². The normalized spacial score (nSPS) is 16.0. The molecule has 1 aromatic rings. The summed E-state index contributed by atoms with van der Waals surface area (Å²) in [5.74, 6) is 1.19. The number of piperazine rings is 1. The Morgan fingerprint density at radius 1 is 1.14 bits per heavy atom. The minimum atomic E-state index is 0.199. The third-order valence-electron chi connectivity index (χ3n) is 3.28. The highest BCUT2D eigenvalue weighted by Gasteiger charge is 2.20.